The molecule has 2 fully saturated rings. The fraction of sp³-hybridized carbons (Fsp3) is 0.667. The second-order valence-electron chi connectivity index (χ2n) is 8.37. The second kappa shape index (κ2) is 13.9. The Morgan fingerprint density at radius 3 is 2.32 bits per heavy atom. The number of esters is 1. The molecule has 0 aliphatic carbocycles. The van der Waals surface area contributed by atoms with E-state index in [1.807, 2.05) is 14.0 Å². The fourth-order valence-electron chi connectivity index (χ4n) is 4.51. The number of ether oxygens (including phenoxy) is 1. The number of nitrogens with zero attached hydrogens (tertiary/aromatic N) is 3. The molecule has 31 heavy (non-hydrogen) atoms. The number of carbonyl (C=O) groups excluding carboxylic acids is 1. The average Bonchev–Trinajstić information content (AvgIpc) is 3.04. The molecule has 0 bridgehead atoms. The van der Waals surface area contributed by atoms with Crippen LogP contribution in [-0.2, 0) is 22.6 Å². The highest BCUT2D eigenvalue weighted by Crippen LogP contribution is 2.19. The van der Waals surface area contributed by atoms with Gasteiger partial charge < -0.3 is 15.0 Å². The Balaban J connectivity index is 0.00000341. The minimum absolute atomic E-state index is 0. The molecular formula is C24H39IN4O2. The Morgan fingerprint density at radius 1 is 1.06 bits per heavy atom. The number of halogens is 1. The summed E-state index contributed by atoms with van der Waals surface area (Å²) in [5.74, 6) is 0.887. The van der Waals surface area contributed by atoms with Gasteiger partial charge in [0.2, 0.25) is 0 Å². The van der Waals surface area contributed by atoms with E-state index >= 15 is 0 Å². The molecule has 0 spiro atoms. The molecule has 2 aliphatic heterocycles. The van der Waals surface area contributed by atoms with Gasteiger partial charge in [0, 0.05) is 33.2 Å². The average molecular weight is 543 g/mol. The molecule has 2 aliphatic rings. The van der Waals surface area contributed by atoms with Crippen LogP contribution in [0.25, 0.3) is 0 Å². The largest absolute Gasteiger partial charge is 0.466 e. The number of hydrogen-bond donors (Lipinski definition) is 1. The van der Waals surface area contributed by atoms with Gasteiger partial charge in [0.25, 0.3) is 0 Å². The molecule has 3 rings (SSSR count). The van der Waals surface area contributed by atoms with Crippen molar-refractivity contribution in [3.05, 3.63) is 35.4 Å². The fourth-order valence-corrected chi connectivity index (χ4v) is 4.51. The van der Waals surface area contributed by atoms with E-state index in [2.05, 4.69) is 44.4 Å². The summed E-state index contributed by atoms with van der Waals surface area (Å²) in [6.07, 6.45) is 7.01. The maximum absolute atomic E-state index is 12.0. The Bertz CT molecular complexity index is 697. The van der Waals surface area contributed by atoms with E-state index < -0.39 is 0 Å². The van der Waals surface area contributed by atoms with Gasteiger partial charge in [-0.1, -0.05) is 37.1 Å². The standard InChI is InChI=1S/C24H38N4O2.HI/c1-3-30-23(29)20-12-16-28(17-13-20)24(25-2)26-18-21-10-6-7-11-22(21)19-27-14-8-4-5-9-15-27;/h6-7,10-11,20H,3-5,8-9,12-19H2,1-2H3,(H,25,26);1H. The lowest BCUT2D eigenvalue weighted by atomic mass is 9.97. The van der Waals surface area contributed by atoms with Gasteiger partial charge in [-0.05, 0) is 56.8 Å². The zero-order valence-corrected chi connectivity index (χ0v) is 21.5. The number of likely N-dealkylation sites (tertiary alicyclic amines) is 2. The molecule has 1 N–H and O–H groups in total. The predicted octanol–water partition coefficient (Wildman–Crippen LogP) is 4.03. The third-order valence-corrected chi connectivity index (χ3v) is 6.27. The first-order chi connectivity index (χ1) is 14.7. The van der Waals surface area contributed by atoms with Gasteiger partial charge in [-0.15, -0.1) is 24.0 Å². The van der Waals surface area contributed by atoms with Crippen LogP contribution in [0.4, 0.5) is 0 Å². The van der Waals surface area contributed by atoms with Gasteiger partial charge in [-0.25, -0.2) is 0 Å². The second-order valence-corrected chi connectivity index (χ2v) is 8.37. The van der Waals surface area contributed by atoms with E-state index in [0.29, 0.717) is 6.61 Å². The van der Waals surface area contributed by atoms with Crippen LogP contribution in [0.1, 0.15) is 56.6 Å². The Hall–Kier alpha value is -1.35. The number of rotatable bonds is 6. The van der Waals surface area contributed by atoms with Crippen molar-refractivity contribution in [2.24, 2.45) is 10.9 Å². The molecule has 174 valence electrons. The van der Waals surface area contributed by atoms with Crippen LogP contribution in [-0.4, -0.2) is 61.6 Å². The molecule has 2 heterocycles. The molecule has 0 amide bonds. The number of benzene rings is 1. The quantitative estimate of drug-likeness (QED) is 0.255. The summed E-state index contributed by atoms with van der Waals surface area (Å²) in [4.78, 5) is 21.3. The van der Waals surface area contributed by atoms with E-state index in [1.165, 1.54) is 49.9 Å². The lowest BCUT2D eigenvalue weighted by molar-refractivity contribution is -0.149. The first-order valence-corrected chi connectivity index (χ1v) is 11.6. The Kier molecular flexibility index (Phi) is 11.6. The molecule has 0 atom stereocenters. The smallest absolute Gasteiger partial charge is 0.309 e. The Morgan fingerprint density at radius 2 is 1.71 bits per heavy atom. The molecule has 0 saturated carbocycles. The predicted molar refractivity (Wildman–Crippen MR) is 137 cm³/mol. The first kappa shape index (κ1) is 25.9. The van der Waals surface area contributed by atoms with Crippen molar-refractivity contribution in [1.82, 2.24) is 15.1 Å². The van der Waals surface area contributed by atoms with Crippen molar-refractivity contribution in [3.63, 3.8) is 0 Å². The van der Waals surface area contributed by atoms with E-state index in [0.717, 1.165) is 45.0 Å². The van der Waals surface area contributed by atoms with Crippen LogP contribution < -0.4 is 5.32 Å². The molecule has 0 radical (unpaired) electrons. The van der Waals surface area contributed by atoms with Crippen molar-refractivity contribution in [1.29, 1.82) is 0 Å². The molecule has 0 unspecified atom stereocenters. The minimum Gasteiger partial charge on any atom is -0.466 e. The van der Waals surface area contributed by atoms with Crippen molar-refractivity contribution in [2.75, 3.05) is 39.8 Å². The normalized spacial score (nSPS) is 18.8. The summed E-state index contributed by atoms with van der Waals surface area (Å²) >= 11 is 0. The Labute approximate surface area is 204 Å². The first-order valence-electron chi connectivity index (χ1n) is 11.6. The highest BCUT2D eigenvalue weighted by Gasteiger charge is 2.27. The van der Waals surface area contributed by atoms with Crippen LogP contribution in [0.2, 0.25) is 0 Å². The zero-order valence-electron chi connectivity index (χ0n) is 19.1. The number of hydrogen-bond acceptors (Lipinski definition) is 4. The lowest BCUT2D eigenvalue weighted by Gasteiger charge is -2.33. The number of nitrogens with one attached hydrogen (secondary N) is 1. The monoisotopic (exact) mass is 542 g/mol. The lowest BCUT2D eigenvalue weighted by Crippen LogP contribution is -2.46. The van der Waals surface area contributed by atoms with Crippen molar-refractivity contribution in [2.45, 2.75) is 58.5 Å². The summed E-state index contributed by atoms with van der Waals surface area (Å²) in [5.41, 5.74) is 2.74. The third kappa shape index (κ3) is 7.93. The molecule has 0 aromatic heterocycles. The molecule has 7 heteroatoms. The topological polar surface area (TPSA) is 57.2 Å². The minimum atomic E-state index is -0.0532. The van der Waals surface area contributed by atoms with Gasteiger partial charge in [-0.2, -0.15) is 0 Å². The number of piperidine rings is 1. The maximum Gasteiger partial charge on any atom is 0.309 e. The molecular weight excluding hydrogens is 503 g/mol. The maximum atomic E-state index is 12.0. The SMILES string of the molecule is CCOC(=O)C1CCN(C(=NC)NCc2ccccc2CN2CCCCCC2)CC1.I. The highest BCUT2D eigenvalue weighted by atomic mass is 127. The van der Waals surface area contributed by atoms with Crippen LogP contribution in [0.3, 0.4) is 0 Å². The molecule has 1 aromatic carbocycles. The van der Waals surface area contributed by atoms with Crippen molar-refractivity contribution >= 4 is 35.9 Å². The number of aliphatic imine (C=N–C) groups is 1. The van der Waals surface area contributed by atoms with Crippen LogP contribution >= 0.6 is 24.0 Å². The van der Waals surface area contributed by atoms with Crippen molar-refractivity contribution < 1.29 is 9.53 Å². The summed E-state index contributed by atoms with van der Waals surface area (Å²) in [6, 6.07) is 8.75. The van der Waals surface area contributed by atoms with E-state index in [-0.39, 0.29) is 35.9 Å². The summed E-state index contributed by atoms with van der Waals surface area (Å²) in [6.45, 7) is 8.20. The molecule has 6 nitrogen and oxygen atoms in total. The summed E-state index contributed by atoms with van der Waals surface area (Å²) < 4.78 is 5.18. The van der Waals surface area contributed by atoms with Gasteiger partial charge in [0.05, 0.1) is 12.5 Å². The van der Waals surface area contributed by atoms with Gasteiger partial charge in [0.1, 0.15) is 0 Å². The third-order valence-electron chi connectivity index (χ3n) is 6.27. The van der Waals surface area contributed by atoms with Gasteiger partial charge in [0.15, 0.2) is 5.96 Å². The summed E-state index contributed by atoms with van der Waals surface area (Å²) in [7, 11) is 1.84. The number of carbonyl (C=O) groups is 1. The van der Waals surface area contributed by atoms with Crippen molar-refractivity contribution in [3.8, 4) is 0 Å². The summed E-state index contributed by atoms with van der Waals surface area (Å²) in [5, 5.41) is 3.56. The highest BCUT2D eigenvalue weighted by molar-refractivity contribution is 14.0. The van der Waals surface area contributed by atoms with E-state index in [1.54, 1.807) is 0 Å². The van der Waals surface area contributed by atoms with Crippen LogP contribution in [0.5, 0.6) is 0 Å². The van der Waals surface area contributed by atoms with Gasteiger partial charge >= 0.3 is 5.97 Å². The van der Waals surface area contributed by atoms with E-state index in [9.17, 15) is 4.79 Å². The van der Waals surface area contributed by atoms with Crippen LogP contribution in [0.15, 0.2) is 29.3 Å². The van der Waals surface area contributed by atoms with Crippen LogP contribution in [0, 0.1) is 5.92 Å². The van der Waals surface area contributed by atoms with E-state index in [4.69, 9.17) is 4.74 Å². The van der Waals surface area contributed by atoms with Gasteiger partial charge in [-0.3, -0.25) is 14.7 Å². The molecule has 2 saturated heterocycles. The number of guanidine groups is 1. The zero-order chi connectivity index (χ0) is 21.2. The molecule has 1 aromatic rings.